The average molecular weight is 333 g/mol. The third-order valence-electron chi connectivity index (χ3n) is 2.70. The van der Waals surface area contributed by atoms with E-state index in [0.717, 1.165) is 0 Å². The van der Waals surface area contributed by atoms with Crippen LogP contribution in [0.25, 0.3) is 0 Å². The Bertz CT molecular complexity index is 490. The number of aliphatic hydroxyl groups is 1. The zero-order valence-electron chi connectivity index (χ0n) is 9.43. The van der Waals surface area contributed by atoms with Gasteiger partial charge in [-0.3, -0.25) is 4.79 Å². The minimum absolute atomic E-state index is 0. The first-order valence-electron chi connectivity index (χ1n) is 4.86. The van der Waals surface area contributed by atoms with Gasteiger partial charge in [0.1, 0.15) is 0 Å². The van der Waals surface area contributed by atoms with Crippen LogP contribution in [0.1, 0.15) is 17.5 Å². The molecule has 0 saturated carbocycles. The molecule has 7 heteroatoms. The van der Waals surface area contributed by atoms with E-state index < -0.39 is 24.1 Å². The van der Waals surface area contributed by atoms with Gasteiger partial charge < -0.3 is 10.4 Å². The van der Waals surface area contributed by atoms with Crippen molar-refractivity contribution in [2.45, 2.75) is 25.1 Å². The molecule has 1 aromatic carbocycles. The zero-order chi connectivity index (χ0) is 12.8. The predicted molar refractivity (Wildman–Crippen MR) is 53.2 cm³/mol. The molecule has 0 aliphatic carbocycles. The summed E-state index contributed by atoms with van der Waals surface area (Å²) in [4.78, 5) is 11.2. The van der Waals surface area contributed by atoms with Gasteiger partial charge in [-0.25, -0.2) is 0 Å². The number of carbonyl (C=O) groups is 1. The molecular formula is C11H9F3NO2Y+2. The van der Waals surface area contributed by atoms with Gasteiger partial charge in [-0.15, -0.1) is 0 Å². The molecule has 0 fully saturated rings. The summed E-state index contributed by atoms with van der Waals surface area (Å²) in [7, 11) is 0. The summed E-state index contributed by atoms with van der Waals surface area (Å²) >= 11 is 0. The molecule has 0 saturated heterocycles. The Morgan fingerprint density at radius 3 is 2.67 bits per heavy atom. The summed E-state index contributed by atoms with van der Waals surface area (Å²) in [6.07, 6.45) is -5.92. The molecule has 3 nitrogen and oxygen atoms in total. The second kappa shape index (κ2) is 4.91. The van der Waals surface area contributed by atoms with E-state index in [-0.39, 0.29) is 44.0 Å². The number of amides is 1. The van der Waals surface area contributed by atoms with Gasteiger partial charge in [-0.05, 0) is 0 Å². The number of rotatable bonds is 0. The maximum Gasteiger partial charge on any atom is 3.00 e. The zero-order valence-corrected chi connectivity index (χ0v) is 12.3. The Labute approximate surface area is 127 Å². The molecule has 1 atom stereocenters. The SMILES string of the molecule is Cc1[c-]cc2c(c1)C(O)(C(F)(F)F)CC(=O)N2.[Y+3]. The van der Waals surface area contributed by atoms with Gasteiger partial charge >= 0.3 is 38.9 Å². The quantitative estimate of drug-likeness (QED) is 0.713. The number of nitrogens with one attached hydrogen (secondary N) is 1. The van der Waals surface area contributed by atoms with E-state index >= 15 is 0 Å². The van der Waals surface area contributed by atoms with Crippen LogP contribution in [-0.4, -0.2) is 17.2 Å². The number of halogens is 3. The van der Waals surface area contributed by atoms with Crippen LogP contribution in [0.15, 0.2) is 12.1 Å². The first kappa shape index (κ1) is 15.6. The van der Waals surface area contributed by atoms with E-state index in [9.17, 15) is 23.1 Å². The van der Waals surface area contributed by atoms with E-state index in [1.807, 2.05) is 0 Å². The van der Waals surface area contributed by atoms with Crippen molar-refractivity contribution in [1.29, 1.82) is 0 Å². The van der Waals surface area contributed by atoms with Crippen molar-refractivity contribution in [1.82, 2.24) is 0 Å². The van der Waals surface area contributed by atoms with Crippen molar-refractivity contribution in [3.63, 3.8) is 0 Å². The molecule has 0 bridgehead atoms. The molecule has 2 rings (SSSR count). The standard InChI is InChI=1S/C11H9F3NO2.Y/c1-6-2-3-8-7(4-6)10(17,11(12,13)14)5-9(16)15-8;/h3-4,17H,5H2,1H3,(H,15,16);/q-1;+3. The van der Waals surface area contributed by atoms with Gasteiger partial charge in [0.05, 0.1) is 6.42 Å². The second-order valence-corrected chi connectivity index (χ2v) is 4.03. The van der Waals surface area contributed by atoms with Gasteiger partial charge in [0.25, 0.3) is 0 Å². The minimum Gasteiger partial charge on any atom is -0.379 e. The molecule has 0 radical (unpaired) electrons. The monoisotopic (exact) mass is 333 g/mol. The smallest absolute Gasteiger partial charge is 0.379 e. The number of aryl methyl sites for hydroxylation is 1. The average Bonchev–Trinajstić information content (AvgIpc) is 2.17. The Morgan fingerprint density at radius 2 is 2.11 bits per heavy atom. The van der Waals surface area contributed by atoms with Gasteiger partial charge in [-0.1, -0.05) is 18.2 Å². The number of hydrogen-bond donors (Lipinski definition) is 2. The first-order valence-corrected chi connectivity index (χ1v) is 4.86. The van der Waals surface area contributed by atoms with Gasteiger partial charge in [0.15, 0.2) is 5.60 Å². The van der Waals surface area contributed by atoms with Crippen LogP contribution in [0.4, 0.5) is 18.9 Å². The van der Waals surface area contributed by atoms with E-state index in [4.69, 9.17) is 0 Å². The minimum atomic E-state index is -4.90. The number of benzene rings is 1. The Balaban J connectivity index is 0.00000162. The molecule has 1 heterocycles. The van der Waals surface area contributed by atoms with E-state index in [0.29, 0.717) is 5.56 Å². The Kier molecular flexibility index (Phi) is 4.25. The fraction of sp³-hybridized carbons (Fsp3) is 0.364. The third-order valence-corrected chi connectivity index (χ3v) is 2.70. The number of alkyl halides is 3. The summed E-state index contributed by atoms with van der Waals surface area (Å²) in [5.41, 5.74) is -3.04. The number of anilines is 1. The number of hydrogen-bond acceptors (Lipinski definition) is 2. The van der Waals surface area contributed by atoms with Crippen LogP contribution in [0.3, 0.4) is 0 Å². The molecule has 1 amide bonds. The number of carbonyl (C=O) groups excluding carboxylic acids is 1. The third kappa shape index (κ3) is 2.46. The fourth-order valence-electron chi connectivity index (χ4n) is 1.82. The van der Waals surface area contributed by atoms with Crippen LogP contribution in [0.2, 0.25) is 0 Å². The van der Waals surface area contributed by atoms with Gasteiger partial charge in [0, 0.05) is 0 Å². The topological polar surface area (TPSA) is 49.3 Å². The number of fused-ring (bicyclic) bond motifs is 1. The summed E-state index contributed by atoms with van der Waals surface area (Å²) in [5, 5.41) is 12.0. The molecule has 1 aliphatic heterocycles. The molecular weight excluding hydrogens is 324 g/mol. The normalized spacial score (nSPS) is 22.8. The summed E-state index contributed by atoms with van der Waals surface area (Å²) in [5.74, 6) is -0.866. The maximum atomic E-state index is 12.9. The largest absolute Gasteiger partial charge is 3.00 e. The Hall–Kier alpha value is -0.456. The van der Waals surface area contributed by atoms with Crippen molar-refractivity contribution in [2.75, 3.05) is 5.32 Å². The first-order chi connectivity index (χ1) is 7.74. The van der Waals surface area contributed by atoms with Crippen LogP contribution in [-0.2, 0) is 43.1 Å². The van der Waals surface area contributed by atoms with Crippen molar-refractivity contribution in [3.05, 3.63) is 29.3 Å². The van der Waals surface area contributed by atoms with Crippen molar-refractivity contribution in [2.24, 2.45) is 0 Å². The van der Waals surface area contributed by atoms with E-state index in [1.54, 1.807) is 6.92 Å². The fourth-order valence-corrected chi connectivity index (χ4v) is 1.82. The summed E-state index contributed by atoms with van der Waals surface area (Å²) < 4.78 is 38.6. The predicted octanol–water partition coefficient (Wildman–Crippen LogP) is 1.88. The summed E-state index contributed by atoms with van der Waals surface area (Å²) in [6, 6.07) is 5.09. The van der Waals surface area contributed by atoms with Crippen molar-refractivity contribution >= 4 is 11.6 Å². The van der Waals surface area contributed by atoms with Crippen LogP contribution < -0.4 is 5.32 Å². The van der Waals surface area contributed by atoms with Crippen LogP contribution >= 0.6 is 0 Å². The van der Waals surface area contributed by atoms with Crippen LogP contribution in [0, 0.1) is 13.0 Å². The molecule has 1 unspecified atom stereocenters. The van der Waals surface area contributed by atoms with E-state index in [2.05, 4.69) is 11.4 Å². The molecule has 18 heavy (non-hydrogen) atoms. The van der Waals surface area contributed by atoms with Crippen molar-refractivity contribution < 1.29 is 55.8 Å². The molecule has 0 spiro atoms. The second-order valence-electron chi connectivity index (χ2n) is 4.03. The molecule has 1 aliphatic rings. The van der Waals surface area contributed by atoms with Crippen molar-refractivity contribution in [3.8, 4) is 0 Å². The molecule has 92 valence electrons. The maximum absolute atomic E-state index is 12.9. The van der Waals surface area contributed by atoms with Gasteiger partial charge in [-0.2, -0.15) is 36.9 Å². The Morgan fingerprint density at radius 1 is 1.50 bits per heavy atom. The van der Waals surface area contributed by atoms with Crippen LogP contribution in [0.5, 0.6) is 0 Å². The molecule has 2 N–H and O–H groups in total. The summed E-state index contributed by atoms with van der Waals surface area (Å²) in [6.45, 7) is 1.56. The van der Waals surface area contributed by atoms with E-state index in [1.165, 1.54) is 12.1 Å². The molecule has 0 aromatic heterocycles. The molecule has 1 aromatic rings. The van der Waals surface area contributed by atoms with Gasteiger partial charge in [0.2, 0.25) is 5.91 Å².